The van der Waals surface area contributed by atoms with E-state index in [1.54, 1.807) is 0 Å². The molecule has 3 heterocycles. The summed E-state index contributed by atoms with van der Waals surface area (Å²) in [4.78, 5) is 38.0. The monoisotopic (exact) mass is 485 g/mol. The minimum atomic E-state index is -3.87. The van der Waals surface area contributed by atoms with Crippen molar-refractivity contribution in [1.82, 2.24) is 15.1 Å². The quantitative estimate of drug-likeness (QED) is 0.609. The van der Waals surface area contributed by atoms with Crippen molar-refractivity contribution in [2.24, 2.45) is 0 Å². The highest BCUT2D eigenvalue weighted by Gasteiger charge is 2.39. The molecule has 0 spiro atoms. The van der Waals surface area contributed by atoms with Gasteiger partial charge in [-0.2, -0.15) is 0 Å². The van der Waals surface area contributed by atoms with Crippen LogP contribution >= 0.6 is 0 Å². The smallest absolute Gasteiger partial charge is 0.255 e. The number of halogens is 1. The lowest BCUT2D eigenvalue weighted by atomic mass is 10.0. The topological polar surface area (TPSA) is 91.0 Å². The van der Waals surface area contributed by atoms with E-state index in [0.717, 1.165) is 18.2 Å². The molecule has 2 fully saturated rings. The van der Waals surface area contributed by atoms with Crippen LogP contribution < -0.4 is 10.6 Å². The number of piperidine rings is 1. The zero-order valence-electron chi connectivity index (χ0n) is 35.9. The lowest BCUT2D eigenvalue weighted by Crippen LogP contribution is -2.52. The fourth-order valence-corrected chi connectivity index (χ4v) is 3.12. The molecule has 1 atom stereocenters. The maximum atomic E-state index is 15.8. The van der Waals surface area contributed by atoms with E-state index in [1.165, 1.54) is 5.32 Å². The van der Waals surface area contributed by atoms with Crippen molar-refractivity contribution >= 4 is 23.4 Å². The molecule has 178 valence electrons. The van der Waals surface area contributed by atoms with E-state index in [9.17, 15) is 14.4 Å². The molecule has 34 heavy (non-hydrogen) atoms. The molecule has 3 aliphatic rings. The molecular formula is C25H27FN4O4. The molecule has 0 radical (unpaired) electrons. The number of morpholine rings is 1. The fourth-order valence-electron chi connectivity index (χ4n) is 3.12. The Morgan fingerprint density at radius 2 is 2.06 bits per heavy atom. The van der Waals surface area contributed by atoms with Crippen LogP contribution in [0.4, 0.5) is 10.1 Å². The number of ether oxygens (including phenoxy) is 1. The summed E-state index contributed by atoms with van der Waals surface area (Å²) in [5.41, 5.74) is -4.00. The number of nitrogens with zero attached hydrogens (tertiary/aromatic N) is 2. The van der Waals surface area contributed by atoms with Gasteiger partial charge in [0.1, 0.15) is 11.8 Å². The highest BCUT2D eigenvalue weighted by atomic mass is 19.1. The second kappa shape index (κ2) is 9.52. The number of nitrogens with one attached hydrogen (secondary N) is 2. The first-order valence-electron chi connectivity index (χ1n) is 19.0. The Bertz CT molecular complexity index is 1920. The molecule has 0 aliphatic carbocycles. The van der Waals surface area contributed by atoms with E-state index >= 15 is 4.39 Å². The maximum absolute atomic E-state index is 15.8. The van der Waals surface area contributed by atoms with Crippen LogP contribution in [-0.2, 0) is 33.8 Å². The summed E-state index contributed by atoms with van der Waals surface area (Å²) in [7, 11) is 0. The van der Waals surface area contributed by atoms with Gasteiger partial charge in [0.05, 0.1) is 25.5 Å². The first-order valence-corrected chi connectivity index (χ1v) is 9.53. The third kappa shape index (κ3) is 4.53. The summed E-state index contributed by atoms with van der Waals surface area (Å²) >= 11 is 0. The van der Waals surface area contributed by atoms with E-state index in [0.29, 0.717) is 18.2 Å². The zero-order valence-corrected chi connectivity index (χ0v) is 16.9. The van der Waals surface area contributed by atoms with Gasteiger partial charge in [-0.3, -0.25) is 24.6 Å². The van der Waals surface area contributed by atoms with Crippen LogP contribution in [-0.4, -0.2) is 59.7 Å². The van der Waals surface area contributed by atoms with Crippen LogP contribution in [0.15, 0.2) is 36.4 Å². The van der Waals surface area contributed by atoms with Crippen molar-refractivity contribution in [3.05, 3.63) is 64.5 Å². The van der Waals surface area contributed by atoms with Crippen molar-refractivity contribution in [1.29, 1.82) is 0 Å². The summed E-state index contributed by atoms with van der Waals surface area (Å²) in [5.74, 6) is -6.81. The van der Waals surface area contributed by atoms with Crippen LogP contribution in [0.25, 0.3) is 0 Å². The van der Waals surface area contributed by atoms with Crippen molar-refractivity contribution < 1.29 is 49.6 Å². The number of rotatable bonds is 6. The second-order valence-corrected chi connectivity index (χ2v) is 6.78. The van der Waals surface area contributed by atoms with E-state index < -0.39 is 121 Å². The largest absolute Gasteiger partial charge is 0.381 e. The number of amides is 3. The van der Waals surface area contributed by atoms with E-state index in [2.05, 4.69) is 10.1 Å². The third-order valence-corrected chi connectivity index (χ3v) is 4.64. The van der Waals surface area contributed by atoms with Gasteiger partial charge in [-0.25, -0.2) is 4.39 Å². The maximum Gasteiger partial charge on any atom is 0.255 e. The van der Waals surface area contributed by atoms with E-state index in [-0.39, 0.29) is 4.90 Å². The Kier molecular flexibility index (Phi) is 2.63. The molecule has 0 aromatic heterocycles. The van der Waals surface area contributed by atoms with Gasteiger partial charge < -0.3 is 15.0 Å². The molecule has 0 unspecified atom stereocenters. The van der Waals surface area contributed by atoms with Gasteiger partial charge in [0, 0.05) is 74.9 Å². The fraction of sp³-hybridized carbons (Fsp3) is 0.400. The van der Waals surface area contributed by atoms with Crippen LogP contribution in [0.1, 0.15) is 65.8 Å². The Hall–Kier alpha value is -3.30. The molecule has 9 heteroatoms. The minimum absolute atomic E-state index is 0.240. The minimum Gasteiger partial charge on any atom is -0.381 e. The third-order valence-electron chi connectivity index (χ3n) is 4.64. The van der Waals surface area contributed by atoms with Crippen molar-refractivity contribution in [3.63, 3.8) is 0 Å². The predicted octanol–water partition coefficient (Wildman–Crippen LogP) is 2.03. The van der Waals surface area contributed by atoms with Gasteiger partial charge in [-0.1, -0.05) is 18.2 Å². The Morgan fingerprint density at radius 1 is 1.24 bits per heavy atom. The molecule has 2 aromatic carbocycles. The van der Waals surface area contributed by atoms with Gasteiger partial charge in [-0.05, 0) is 30.1 Å². The highest BCUT2D eigenvalue weighted by molar-refractivity contribution is 6.06. The number of anilines is 1. The standard InChI is InChI=1S/C25H27FN4O4/c26-20-12-16(14-29-8-10-34-11-9-29)4-5-17(20)13-27-21-3-1-2-18-19(21)15-30(25(18)33)22-6-7-23(31)28-24(22)32/h1-5,12,22,27H,6-11,13-15H2,(H,28,31,32)/t22-/m0/s1/i6D2,7D2,8D2,9D2,10D2,11D2,13D2,14D2,15D2,22D. The predicted molar refractivity (Wildman–Crippen MR) is 122 cm³/mol. The van der Waals surface area contributed by atoms with Gasteiger partial charge in [0.25, 0.3) is 5.91 Å². The molecule has 2 aromatic rings. The normalized spacial score (nSPS) is 42.6. The SMILES string of the molecule is [2H]C([2H])(Nc1cccc2c1C([2H])([2H])N([C@]1([2H])C(=O)NC(=O)C([2H])([2H])C1([2H])[2H])C2=O)c1ccc(C([2H])([2H])N2C([2H])([2H])C([2H])([2H])OC([2H])([2H])C2([2H])[2H])cc1F. The number of fused-ring (bicyclic) bond motifs is 1. The van der Waals surface area contributed by atoms with Crippen LogP contribution in [0, 0.1) is 5.82 Å². The van der Waals surface area contributed by atoms with Crippen molar-refractivity contribution in [2.75, 3.05) is 31.4 Å². The summed E-state index contributed by atoms with van der Waals surface area (Å²) in [6, 6.07) is 0.804. The molecule has 3 amide bonds. The number of imide groups is 1. The number of hydrogen-bond acceptors (Lipinski definition) is 6. The molecule has 0 bridgehead atoms. The van der Waals surface area contributed by atoms with Gasteiger partial charge in [0.2, 0.25) is 11.8 Å². The molecule has 8 nitrogen and oxygen atoms in total. The summed E-state index contributed by atoms with van der Waals surface area (Å²) < 4.78 is 177. The van der Waals surface area contributed by atoms with Gasteiger partial charge in [0.15, 0.2) is 0 Å². The van der Waals surface area contributed by atoms with Crippen LogP contribution in [0.5, 0.6) is 0 Å². The molecule has 5 rings (SSSR count). The number of hydrogen-bond donors (Lipinski definition) is 2. The van der Waals surface area contributed by atoms with E-state index in [4.69, 9.17) is 26.0 Å². The molecule has 2 N–H and O–H groups in total. The van der Waals surface area contributed by atoms with Crippen LogP contribution in [0.3, 0.4) is 0 Å². The summed E-state index contributed by atoms with van der Waals surface area (Å²) in [6.45, 7) is -24.9. The highest BCUT2D eigenvalue weighted by Crippen LogP contribution is 2.32. The average molecular weight is 486 g/mol. The van der Waals surface area contributed by atoms with Crippen LogP contribution in [0.2, 0.25) is 0 Å². The Labute approximate surface area is 223 Å². The lowest BCUT2D eigenvalue weighted by molar-refractivity contribution is -0.136. The Balaban J connectivity index is 1.55. The Morgan fingerprint density at radius 3 is 2.85 bits per heavy atom. The summed E-state index contributed by atoms with van der Waals surface area (Å²) in [5, 5.41) is 3.60. The first-order chi connectivity index (χ1) is 23.6. The molecular weight excluding hydrogens is 439 g/mol. The lowest BCUT2D eigenvalue weighted by Gasteiger charge is -2.29. The molecule has 3 aliphatic heterocycles. The first kappa shape index (κ1) is 9.39. The van der Waals surface area contributed by atoms with Gasteiger partial charge >= 0.3 is 0 Å². The number of carbonyl (C=O) groups is 3. The average Bonchev–Trinajstić information content (AvgIpc) is 3.18. The van der Waals surface area contributed by atoms with E-state index in [1.807, 2.05) is 0 Å². The number of benzene rings is 2. The second-order valence-electron chi connectivity index (χ2n) is 6.78. The molecule has 2 saturated heterocycles. The zero-order chi connectivity index (χ0) is 40.7. The van der Waals surface area contributed by atoms with Crippen molar-refractivity contribution in [3.8, 4) is 0 Å². The van der Waals surface area contributed by atoms with Gasteiger partial charge in [-0.15, -0.1) is 0 Å². The van der Waals surface area contributed by atoms with Crippen molar-refractivity contribution in [2.45, 2.75) is 38.3 Å². The number of carbonyl (C=O) groups excluding carboxylic acids is 3. The molecule has 0 saturated carbocycles. The summed E-state index contributed by atoms with van der Waals surface area (Å²) in [6.07, 6.45) is -7.51.